The molecule has 0 bridgehead atoms. The van der Waals surface area contributed by atoms with E-state index >= 15 is 0 Å². The summed E-state index contributed by atoms with van der Waals surface area (Å²) in [5, 5.41) is 0. The molecular weight excluding hydrogens is 424 g/mol. The van der Waals surface area contributed by atoms with Crippen LogP contribution in [-0.2, 0) is 4.79 Å². The van der Waals surface area contributed by atoms with Crippen LogP contribution < -0.4 is 22.9 Å². The smallest absolute Gasteiger partial charge is 0.249 e. The van der Waals surface area contributed by atoms with Gasteiger partial charge in [0, 0.05) is 11.1 Å². The van der Waals surface area contributed by atoms with Gasteiger partial charge in [-0.1, -0.05) is 12.1 Å². The van der Waals surface area contributed by atoms with Crippen molar-refractivity contribution < 1.29 is 24.0 Å². The van der Waals surface area contributed by atoms with Crippen LogP contribution in [0.4, 0.5) is 0 Å². The van der Waals surface area contributed by atoms with Gasteiger partial charge in [0.05, 0.1) is 22.3 Å². The van der Waals surface area contributed by atoms with E-state index in [0.717, 1.165) is 0 Å². The molecular formula is C24H22N4O5. The summed E-state index contributed by atoms with van der Waals surface area (Å²) in [6.07, 6.45) is 5.02. The molecule has 1 saturated carbocycles. The molecule has 1 aliphatic carbocycles. The predicted molar refractivity (Wildman–Crippen MR) is 122 cm³/mol. The van der Waals surface area contributed by atoms with Crippen LogP contribution in [-0.4, -0.2) is 29.4 Å². The Morgan fingerprint density at radius 2 is 0.970 bits per heavy atom. The number of hydrogen-bond donors (Lipinski definition) is 4. The zero-order valence-electron chi connectivity index (χ0n) is 17.6. The van der Waals surface area contributed by atoms with Gasteiger partial charge in [0.15, 0.2) is 5.78 Å². The van der Waals surface area contributed by atoms with Crippen LogP contribution in [0.2, 0.25) is 0 Å². The Labute approximate surface area is 189 Å². The number of rotatable bonds is 6. The average Bonchev–Trinajstić information content (AvgIpc) is 2.76. The van der Waals surface area contributed by atoms with E-state index in [-0.39, 0.29) is 28.0 Å². The van der Waals surface area contributed by atoms with Gasteiger partial charge >= 0.3 is 0 Å². The normalized spacial score (nSPS) is 16.1. The second kappa shape index (κ2) is 9.31. The third-order valence-corrected chi connectivity index (χ3v) is 5.31. The Hall–Kier alpha value is -4.53. The fraction of sp³-hybridized carbons (Fsp3) is 0.125. The molecule has 33 heavy (non-hydrogen) atoms. The molecule has 9 heteroatoms. The van der Waals surface area contributed by atoms with Gasteiger partial charge in [0.2, 0.25) is 23.6 Å². The van der Waals surface area contributed by atoms with Gasteiger partial charge in [-0.15, -0.1) is 0 Å². The maximum atomic E-state index is 13.1. The van der Waals surface area contributed by atoms with Crippen LogP contribution in [0.3, 0.4) is 0 Å². The molecule has 0 aromatic heterocycles. The molecule has 0 radical (unpaired) electrons. The lowest BCUT2D eigenvalue weighted by Gasteiger charge is -2.17. The summed E-state index contributed by atoms with van der Waals surface area (Å²) in [4.78, 5) is 59.4. The lowest BCUT2D eigenvalue weighted by molar-refractivity contribution is -0.112. The molecule has 1 fully saturated rings. The maximum Gasteiger partial charge on any atom is 0.249 e. The van der Waals surface area contributed by atoms with E-state index in [0.29, 0.717) is 41.5 Å². The Kier molecular flexibility index (Phi) is 6.53. The third-order valence-electron chi connectivity index (χ3n) is 5.31. The molecule has 0 unspecified atom stereocenters. The van der Waals surface area contributed by atoms with Crippen LogP contribution in [0.1, 0.15) is 71.8 Å². The summed E-state index contributed by atoms with van der Waals surface area (Å²) in [5.74, 6) is -3.35. The van der Waals surface area contributed by atoms with Gasteiger partial charge in [-0.2, -0.15) is 0 Å². The summed E-state index contributed by atoms with van der Waals surface area (Å²) >= 11 is 0. The zero-order valence-corrected chi connectivity index (χ0v) is 17.6. The molecule has 0 heterocycles. The highest BCUT2D eigenvalue weighted by atomic mass is 16.2. The molecule has 2 aromatic rings. The summed E-state index contributed by atoms with van der Waals surface area (Å²) in [7, 11) is 0. The van der Waals surface area contributed by atoms with Gasteiger partial charge in [-0.3, -0.25) is 24.0 Å². The third kappa shape index (κ3) is 5.04. The molecule has 0 spiro atoms. The van der Waals surface area contributed by atoms with Gasteiger partial charge in [-0.05, 0) is 66.8 Å². The number of nitrogens with two attached hydrogens (primary N) is 4. The quantitative estimate of drug-likeness (QED) is 0.485. The van der Waals surface area contributed by atoms with E-state index in [2.05, 4.69) is 0 Å². The number of primary amides is 4. The van der Waals surface area contributed by atoms with Crippen LogP contribution >= 0.6 is 0 Å². The number of allylic oxidation sites excluding steroid dienone is 2. The molecule has 1 aliphatic rings. The standard InChI is InChI=1S/C24H22N4O5/c25-21(30)16-6-4-12(10-18(16)23(27)32)8-14-2-1-3-15(20(14)29)9-13-5-7-17(22(26)31)19(11-13)24(28)33/h4-11H,1-3H2,(H2,25,30)(H2,26,31)(H2,27,32)(H2,28,33)/b14-8+,15-9+. The second-order valence-corrected chi connectivity index (χ2v) is 7.59. The van der Waals surface area contributed by atoms with Crippen molar-refractivity contribution in [3.8, 4) is 0 Å². The minimum atomic E-state index is -0.802. The highest BCUT2D eigenvalue weighted by Gasteiger charge is 2.22. The van der Waals surface area contributed by atoms with Crippen LogP contribution in [0, 0.1) is 0 Å². The van der Waals surface area contributed by atoms with Crippen molar-refractivity contribution >= 4 is 41.6 Å². The van der Waals surface area contributed by atoms with Crippen molar-refractivity contribution in [2.75, 3.05) is 0 Å². The van der Waals surface area contributed by atoms with E-state index < -0.39 is 23.6 Å². The Morgan fingerprint density at radius 1 is 0.606 bits per heavy atom. The number of hydrogen-bond acceptors (Lipinski definition) is 5. The Bertz CT molecular complexity index is 1180. The van der Waals surface area contributed by atoms with Crippen LogP contribution in [0.15, 0.2) is 47.5 Å². The van der Waals surface area contributed by atoms with E-state index in [1.54, 1.807) is 24.3 Å². The Morgan fingerprint density at radius 3 is 1.30 bits per heavy atom. The first-order valence-electron chi connectivity index (χ1n) is 10.0. The Balaban J connectivity index is 1.96. The first-order valence-corrected chi connectivity index (χ1v) is 10.0. The highest BCUT2D eigenvalue weighted by Crippen LogP contribution is 2.29. The maximum absolute atomic E-state index is 13.1. The number of amides is 4. The predicted octanol–water partition coefficient (Wildman–Crippen LogP) is 1.30. The summed E-state index contributed by atoms with van der Waals surface area (Å²) in [6, 6.07) is 8.78. The molecule has 4 amide bonds. The van der Waals surface area contributed by atoms with E-state index in [1.807, 2.05) is 0 Å². The van der Waals surface area contributed by atoms with Gasteiger partial charge in [0.1, 0.15) is 0 Å². The summed E-state index contributed by atoms with van der Waals surface area (Å²) in [5.41, 5.74) is 23.3. The number of ketones is 1. The number of carbonyl (C=O) groups is 5. The largest absolute Gasteiger partial charge is 0.366 e. The number of benzene rings is 2. The fourth-order valence-corrected chi connectivity index (χ4v) is 3.72. The zero-order chi connectivity index (χ0) is 24.3. The molecule has 3 rings (SSSR count). The van der Waals surface area contributed by atoms with Crippen molar-refractivity contribution in [2.45, 2.75) is 19.3 Å². The molecule has 168 valence electrons. The number of carbonyl (C=O) groups excluding carboxylic acids is 5. The molecule has 9 nitrogen and oxygen atoms in total. The average molecular weight is 446 g/mol. The van der Waals surface area contributed by atoms with Crippen molar-refractivity contribution in [2.24, 2.45) is 22.9 Å². The van der Waals surface area contributed by atoms with Crippen molar-refractivity contribution in [3.05, 3.63) is 80.9 Å². The molecule has 2 aromatic carbocycles. The topological polar surface area (TPSA) is 189 Å². The SMILES string of the molecule is NC(=O)c1ccc(/C=C2\CCC/C(=C\c3ccc(C(N)=O)c(C(N)=O)c3)C2=O)cc1C(N)=O. The summed E-state index contributed by atoms with van der Waals surface area (Å²) < 4.78 is 0. The molecule has 8 N–H and O–H groups in total. The van der Waals surface area contributed by atoms with Gasteiger partial charge < -0.3 is 22.9 Å². The lowest BCUT2D eigenvalue weighted by atomic mass is 9.86. The first kappa shape index (κ1) is 23.1. The van der Waals surface area contributed by atoms with E-state index in [1.165, 1.54) is 24.3 Å². The lowest BCUT2D eigenvalue weighted by Crippen LogP contribution is -2.20. The van der Waals surface area contributed by atoms with Gasteiger partial charge in [-0.25, -0.2) is 0 Å². The van der Waals surface area contributed by atoms with Crippen LogP contribution in [0.25, 0.3) is 12.2 Å². The minimum Gasteiger partial charge on any atom is -0.366 e. The molecule has 0 saturated heterocycles. The first-order chi connectivity index (χ1) is 15.6. The van der Waals surface area contributed by atoms with Crippen molar-refractivity contribution in [3.63, 3.8) is 0 Å². The molecule has 0 atom stereocenters. The monoisotopic (exact) mass is 446 g/mol. The van der Waals surface area contributed by atoms with Crippen molar-refractivity contribution in [1.82, 2.24) is 0 Å². The summed E-state index contributed by atoms with van der Waals surface area (Å²) in [6.45, 7) is 0. The van der Waals surface area contributed by atoms with Gasteiger partial charge in [0.25, 0.3) is 0 Å². The molecule has 0 aliphatic heterocycles. The van der Waals surface area contributed by atoms with Crippen LogP contribution in [0.5, 0.6) is 0 Å². The van der Waals surface area contributed by atoms with Crippen molar-refractivity contribution in [1.29, 1.82) is 0 Å². The highest BCUT2D eigenvalue weighted by molar-refractivity contribution is 6.14. The van der Waals surface area contributed by atoms with E-state index in [4.69, 9.17) is 22.9 Å². The van der Waals surface area contributed by atoms with E-state index in [9.17, 15) is 24.0 Å². The fourth-order valence-electron chi connectivity index (χ4n) is 3.72. The second-order valence-electron chi connectivity index (χ2n) is 7.59. The minimum absolute atomic E-state index is 0.00451. The number of Topliss-reactive ketones (excluding diaryl/α,β-unsaturated/α-hetero) is 1.